The van der Waals surface area contributed by atoms with Gasteiger partial charge in [-0.15, -0.1) is 11.8 Å². The van der Waals surface area contributed by atoms with Crippen molar-refractivity contribution >= 4 is 23.4 Å². The summed E-state index contributed by atoms with van der Waals surface area (Å²) in [5.41, 5.74) is 7.69. The lowest BCUT2D eigenvalue weighted by Crippen LogP contribution is -1.97. The molecule has 0 radical (unpaired) electrons. The van der Waals surface area contributed by atoms with E-state index in [4.69, 9.17) is 15.3 Å². The quantitative estimate of drug-likeness (QED) is 0.654. The number of nitrogens with two attached hydrogens (primary N) is 1. The van der Waals surface area contributed by atoms with Gasteiger partial charge in [-0.05, 0) is 36.8 Å². The summed E-state index contributed by atoms with van der Waals surface area (Å²) < 4.78 is 5.18. The van der Waals surface area contributed by atoms with E-state index in [9.17, 15) is 4.79 Å². The van der Waals surface area contributed by atoms with Crippen LogP contribution in [0, 0.1) is 6.92 Å². The third kappa shape index (κ3) is 2.68. The van der Waals surface area contributed by atoms with Crippen LogP contribution in [-0.2, 0) is 5.75 Å². The number of carboxylic acid groups (broad SMARTS) is 1. The highest BCUT2D eigenvalue weighted by atomic mass is 32.2. The Bertz CT molecular complexity index is 577. The number of carbonyl (C=O) groups is 1. The maximum atomic E-state index is 10.9. The number of carboxylic acids is 1. The lowest BCUT2D eigenvalue weighted by molar-refractivity contribution is 0.0695. The first kappa shape index (κ1) is 12.6. The highest BCUT2D eigenvalue weighted by Crippen LogP contribution is 2.28. The van der Waals surface area contributed by atoms with Gasteiger partial charge in [0, 0.05) is 10.6 Å². The van der Waals surface area contributed by atoms with E-state index in [0.717, 1.165) is 16.1 Å². The van der Waals surface area contributed by atoms with Crippen molar-refractivity contribution < 1.29 is 14.3 Å². The maximum absolute atomic E-state index is 10.9. The molecule has 0 saturated heterocycles. The number of anilines is 1. The lowest BCUT2D eigenvalue weighted by Gasteiger charge is -2.05. The molecule has 94 valence electrons. The number of hydrogen-bond acceptors (Lipinski definition) is 4. The Morgan fingerprint density at radius 2 is 2.22 bits per heavy atom. The van der Waals surface area contributed by atoms with Gasteiger partial charge in [0.1, 0.15) is 11.3 Å². The molecular formula is C13H13NO3S. The van der Waals surface area contributed by atoms with Crippen LogP contribution < -0.4 is 5.73 Å². The zero-order chi connectivity index (χ0) is 13.1. The minimum absolute atomic E-state index is 0.218. The first-order valence-electron chi connectivity index (χ1n) is 5.36. The summed E-state index contributed by atoms with van der Waals surface area (Å²) in [6.45, 7) is 1.97. The van der Waals surface area contributed by atoms with E-state index < -0.39 is 5.97 Å². The summed E-state index contributed by atoms with van der Waals surface area (Å²) in [5, 5.41) is 8.96. The molecule has 1 aromatic carbocycles. The molecule has 3 N–H and O–H groups in total. The Kier molecular flexibility index (Phi) is 3.62. The van der Waals surface area contributed by atoms with Gasteiger partial charge in [-0.25, -0.2) is 4.79 Å². The molecular weight excluding hydrogens is 250 g/mol. The van der Waals surface area contributed by atoms with E-state index in [1.165, 1.54) is 24.1 Å². The van der Waals surface area contributed by atoms with Crippen LogP contribution in [0.5, 0.6) is 0 Å². The first-order valence-corrected chi connectivity index (χ1v) is 6.35. The van der Waals surface area contributed by atoms with Gasteiger partial charge < -0.3 is 15.3 Å². The number of furan rings is 1. The van der Waals surface area contributed by atoms with Crippen LogP contribution in [0.1, 0.15) is 21.7 Å². The van der Waals surface area contributed by atoms with Crippen molar-refractivity contribution in [1.82, 2.24) is 0 Å². The molecule has 1 heterocycles. The largest absolute Gasteiger partial charge is 0.478 e. The molecule has 0 fully saturated rings. The van der Waals surface area contributed by atoms with E-state index in [0.29, 0.717) is 11.5 Å². The second-order valence-electron chi connectivity index (χ2n) is 3.88. The average molecular weight is 263 g/mol. The summed E-state index contributed by atoms with van der Waals surface area (Å²) >= 11 is 1.53. The fraction of sp³-hybridized carbons (Fsp3) is 0.154. The van der Waals surface area contributed by atoms with Crippen LogP contribution in [0.25, 0.3) is 0 Å². The predicted molar refractivity (Wildman–Crippen MR) is 70.8 cm³/mol. The van der Waals surface area contributed by atoms with Crippen LogP contribution in [0.3, 0.4) is 0 Å². The van der Waals surface area contributed by atoms with Crippen LogP contribution in [-0.4, -0.2) is 11.1 Å². The van der Waals surface area contributed by atoms with Crippen molar-refractivity contribution in [3.8, 4) is 0 Å². The average Bonchev–Trinajstić information content (AvgIpc) is 2.76. The van der Waals surface area contributed by atoms with Crippen molar-refractivity contribution in [3.05, 3.63) is 47.4 Å². The Labute approximate surface area is 109 Å². The molecule has 1 aromatic heterocycles. The van der Waals surface area contributed by atoms with Crippen molar-refractivity contribution in [2.24, 2.45) is 0 Å². The zero-order valence-electron chi connectivity index (χ0n) is 9.84. The fourth-order valence-corrected chi connectivity index (χ4v) is 2.58. The third-order valence-electron chi connectivity index (χ3n) is 2.53. The van der Waals surface area contributed by atoms with Gasteiger partial charge in [-0.3, -0.25) is 0 Å². The smallest absolute Gasteiger partial charge is 0.339 e. The van der Waals surface area contributed by atoms with E-state index >= 15 is 0 Å². The molecule has 0 unspecified atom stereocenters. The summed E-state index contributed by atoms with van der Waals surface area (Å²) in [5.74, 6) is -0.00329. The summed E-state index contributed by atoms with van der Waals surface area (Å²) in [4.78, 5) is 12.0. The molecule has 0 aliphatic carbocycles. The summed E-state index contributed by atoms with van der Waals surface area (Å²) in [7, 11) is 0. The number of benzene rings is 1. The summed E-state index contributed by atoms with van der Waals surface area (Å²) in [6.07, 6.45) is 1.40. The molecule has 0 saturated carbocycles. The topological polar surface area (TPSA) is 76.5 Å². The molecule has 0 amide bonds. The van der Waals surface area contributed by atoms with Crippen LogP contribution in [0.4, 0.5) is 5.69 Å². The number of hydrogen-bond donors (Lipinski definition) is 2. The molecule has 0 spiro atoms. The van der Waals surface area contributed by atoms with Gasteiger partial charge in [0.25, 0.3) is 0 Å². The number of rotatable bonds is 4. The summed E-state index contributed by atoms with van der Waals surface area (Å²) in [6, 6.07) is 7.12. The van der Waals surface area contributed by atoms with Gasteiger partial charge in [-0.2, -0.15) is 0 Å². The highest BCUT2D eigenvalue weighted by Gasteiger charge is 2.13. The first-order chi connectivity index (χ1) is 8.58. The van der Waals surface area contributed by atoms with Gasteiger partial charge in [-0.1, -0.05) is 0 Å². The maximum Gasteiger partial charge on any atom is 0.339 e. The predicted octanol–water partition coefficient (Wildman–Crippen LogP) is 3.16. The fourth-order valence-electron chi connectivity index (χ4n) is 1.62. The number of thioether (sulfide) groups is 1. The molecule has 18 heavy (non-hydrogen) atoms. The molecule has 0 aliphatic rings. The lowest BCUT2D eigenvalue weighted by atomic mass is 10.2. The Morgan fingerprint density at radius 1 is 1.44 bits per heavy atom. The molecule has 0 atom stereocenters. The van der Waals surface area contributed by atoms with E-state index in [1.807, 2.05) is 25.1 Å². The molecule has 2 rings (SSSR count). The third-order valence-corrected chi connectivity index (χ3v) is 3.71. The van der Waals surface area contributed by atoms with Crippen molar-refractivity contribution in [3.63, 3.8) is 0 Å². The van der Waals surface area contributed by atoms with Crippen molar-refractivity contribution in [2.75, 3.05) is 5.73 Å². The minimum Gasteiger partial charge on any atom is -0.478 e. The SMILES string of the molecule is Cc1cc(N)ccc1SCc1occc1C(=O)O. The second kappa shape index (κ2) is 5.18. The van der Waals surface area contributed by atoms with Crippen molar-refractivity contribution in [1.29, 1.82) is 0 Å². The van der Waals surface area contributed by atoms with E-state index in [1.54, 1.807) is 0 Å². The van der Waals surface area contributed by atoms with Crippen LogP contribution in [0.2, 0.25) is 0 Å². The van der Waals surface area contributed by atoms with E-state index in [2.05, 4.69) is 0 Å². The highest BCUT2D eigenvalue weighted by molar-refractivity contribution is 7.98. The number of nitrogen functional groups attached to an aromatic ring is 1. The van der Waals surface area contributed by atoms with E-state index in [-0.39, 0.29) is 5.56 Å². The second-order valence-corrected chi connectivity index (χ2v) is 4.89. The van der Waals surface area contributed by atoms with Crippen LogP contribution in [0.15, 0.2) is 39.8 Å². The van der Waals surface area contributed by atoms with Gasteiger partial charge in [0.05, 0.1) is 12.0 Å². The van der Waals surface area contributed by atoms with Gasteiger partial charge in [0.15, 0.2) is 0 Å². The molecule has 0 bridgehead atoms. The zero-order valence-corrected chi connectivity index (χ0v) is 10.7. The molecule has 0 aliphatic heterocycles. The molecule has 5 heteroatoms. The van der Waals surface area contributed by atoms with Crippen molar-refractivity contribution in [2.45, 2.75) is 17.6 Å². The van der Waals surface area contributed by atoms with Crippen LogP contribution >= 0.6 is 11.8 Å². The Balaban J connectivity index is 2.11. The molecule has 4 nitrogen and oxygen atoms in total. The Hall–Kier alpha value is -1.88. The minimum atomic E-state index is -0.964. The molecule has 2 aromatic rings. The number of aryl methyl sites for hydroxylation is 1. The van der Waals surface area contributed by atoms with Gasteiger partial charge in [0.2, 0.25) is 0 Å². The standard InChI is InChI=1S/C13H13NO3S/c1-8-6-9(14)2-3-12(8)18-7-11-10(13(15)16)4-5-17-11/h2-6H,7,14H2,1H3,(H,15,16). The normalized spacial score (nSPS) is 10.5. The monoisotopic (exact) mass is 263 g/mol. The number of aromatic carboxylic acids is 1. The van der Waals surface area contributed by atoms with Gasteiger partial charge >= 0.3 is 5.97 Å². The Morgan fingerprint density at radius 3 is 2.89 bits per heavy atom.